The molecule has 0 spiro atoms. The van der Waals surface area contributed by atoms with Crippen molar-refractivity contribution in [2.45, 2.75) is 25.9 Å². The number of rotatable bonds is 3. The molecule has 1 unspecified atom stereocenters. The lowest BCUT2D eigenvalue weighted by Crippen LogP contribution is -2.49. The number of pyridine rings is 1. The van der Waals surface area contributed by atoms with Gasteiger partial charge in [-0.25, -0.2) is 0 Å². The summed E-state index contributed by atoms with van der Waals surface area (Å²) in [6.45, 7) is 6.44. The summed E-state index contributed by atoms with van der Waals surface area (Å²) in [5, 5.41) is 12.6. The standard InChI is InChI=1S/C16H19N3O3/c1-3-16(2)11-18(8-9-22-16)14-4-5-15(19(20)21)13-10-17-7-6-12(13)14/h4-7,10H,3,8-9,11H2,1-2H3. The highest BCUT2D eigenvalue weighted by Gasteiger charge is 2.31. The summed E-state index contributed by atoms with van der Waals surface area (Å²) in [4.78, 5) is 17.1. The SMILES string of the molecule is CCC1(C)CN(c2ccc([N+](=O)[O-])c3cnccc23)CCO1. The molecule has 22 heavy (non-hydrogen) atoms. The van der Waals surface area contributed by atoms with Gasteiger partial charge in [-0.1, -0.05) is 6.92 Å². The van der Waals surface area contributed by atoms with Gasteiger partial charge in [-0.2, -0.15) is 0 Å². The van der Waals surface area contributed by atoms with Gasteiger partial charge in [0.1, 0.15) is 0 Å². The third-order valence-electron chi connectivity index (χ3n) is 4.39. The van der Waals surface area contributed by atoms with Crippen LogP contribution in [0, 0.1) is 10.1 Å². The van der Waals surface area contributed by atoms with Crippen LogP contribution in [0.5, 0.6) is 0 Å². The number of non-ortho nitro benzene ring substituents is 1. The fourth-order valence-corrected chi connectivity index (χ4v) is 2.94. The van der Waals surface area contributed by atoms with Crippen LogP contribution in [0.25, 0.3) is 10.8 Å². The van der Waals surface area contributed by atoms with Gasteiger partial charge < -0.3 is 9.64 Å². The second-order valence-corrected chi connectivity index (χ2v) is 5.86. The molecule has 3 rings (SSSR count). The summed E-state index contributed by atoms with van der Waals surface area (Å²) in [7, 11) is 0. The van der Waals surface area contributed by atoms with Gasteiger partial charge in [-0.15, -0.1) is 0 Å². The number of benzene rings is 1. The van der Waals surface area contributed by atoms with Crippen LogP contribution in [0.4, 0.5) is 11.4 Å². The highest BCUT2D eigenvalue weighted by Crippen LogP contribution is 2.35. The predicted molar refractivity (Wildman–Crippen MR) is 85.3 cm³/mol. The number of nitro benzene ring substituents is 1. The number of hydrogen-bond acceptors (Lipinski definition) is 5. The Kier molecular flexibility index (Phi) is 3.70. The number of hydrogen-bond donors (Lipinski definition) is 0. The molecule has 1 aromatic carbocycles. The van der Waals surface area contributed by atoms with Crippen molar-refractivity contribution < 1.29 is 9.66 Å². The molecule has 2 aromatic rings. The molecule has 6 nitrogen and oxygen atoms in total. The second kappa shape index (κ2) is 5.53. The molecule has 6 heteroatoms. The quantitative estimate of drug-likeness (QED) is 0.643. The first kappa shape index (κ1) is 14.7. The largest absolute Gasteiger partial charge is 0.372 e. The van der Waals surface area contributed by atoms with E-state index in [9.17, 15) is 10.1 Å². The number of fused-ring (bicyclic) bond motifs is 1. The average Bonchev–Trinajstić information content (AvgIpc) is 2.53. The van der Waals surface area contributed by atoms with E-state index in [1.165, 1.54) is 0 Å². The Balaban J connectivity index is 2.08. The molecular formula is C16H19N3O3. The molecule has 2 heterocycles. The van der Waals surface area contributed by atoms with Crippen molar-refractivity contribution in [1.82, 2.24) is 4.98 Å². The minimum absolute atomic E-state index is 0.0957. The Hall–Kier alpha value is -2.21. The first-order valence-electron chi connectivity index (χ1n) is 7.44. The summed E-state index contributed by atoms with van der Waals surface area (Å²) in [5.41, 5.74) is 0.920. The van der Waals surface area contributed by atoms with E-state index in [4.69, 9.17) is 4.74 Å². The van der Waals surface area contributed by atoms with E-state index in [2.05, 4.69) is 23.7 Å². The number of aromatic nitrogens is 1. The van der Waals surface area contributed by atoms with E-state index in [-0.39, 0.29) is 16.2 Å². The topological polar surface area (TPSA) is 68.5 Å². The summed E-state index contributed by atoms with van der Waals surface area (Å²) < 4.78 is 5.88. The lowest BCUT2D eigenvalue weighted by atomic mass is 9.99. The van der Waals surface area contributed by atoms with Crippen molar-refractivity contribution in [1.29, 1.82) is 0 Å². The minimum Gasteiger partial charge on any atom is -0.372 e. The summed E-state index contributed by atoms with van der Waals surface area (Å²) in [5.74, 6) is 0. The Labute approximate surface area is 128 Å². The van der Waals surface area contributed by atoms with Gasteiger partial charge in [-0.05, 0) is 25.5 Å². The number of ether oxygens (including phenoxy) is 1. The number of nitro groups is 1. The molecule has 0 N–H and O–H groups in total. The van der Waals surface area contributed by atoms with E-state index < -0.39 is 0 Å². The molecule has 0 aliphatic carbocycles. The van der Waals surface area contributed by atoms with Gasteiger partial charge in [0.15, 0.2) is 0 Å². The molecule has 0 saturated carbocycles. The van der Waals surface area contributed by atoms with E-state index in [0.717, 1.165) is 30.6 Å². The van der Waals surface area contributed by atoms with Crippen LogP contribution in [0.2, 0.25) is 0 Å². The molecule has 0 bridgehead atoms. The molecule has 116 valence electrons. The Morgan fingerprint density at radius 3 is 2.95 bits per heavy atom. The fraction of sp³-hybridized carbons (Fsp3) is 0.438. The van der Waals surface area contributed by atoms with Crippen molar-refractivity contribution in [3.05, 3.63) is 40.7 Å². The Bertz CT molecular complexity index is 719. The summed E-state index contributed by atoms with van der Waals surface area (Å²) in [6, 6.07) is 5.25. The average molecular weight is 301 g/mol. The highest BCUT2D eigenvalue weighted by atomic mass is 16.6. The lowest BCUT2D eigenvalue weighted by Gasteiger charge is -2.41. The van der Waals surface area contributed by atoms with E-state index in [0.29, 0.717) is 12.0 Å². The molecule has 1 aliphatic heterocycles. The van der Waals surface area contributed by atoms with Crippen molar-refractivity contribution in [3.63, 3.8) is 0 Å². The summed E-state index contributed by atoms with van der Waals surface area (Å²) in [6.07, 6.45) is 4.17. The van der Waals surface area contributed by atoms with Crippen LogP contribution in [0.1, 0.15) is 20.3 Å². The van der Waals surface area contributed by atoms with Crippen molar-refractivity contribution in [3.8, 4) is 0 Å². The Morgan fingerprint density at radius 2 is 2.23 bits per heavy atom. The maximum atomic E-state index is 11.2. The van der Waals surface area contributed by atoms with Crippen LogP contribution in [0.15, 0.2) is 30.6 Å². The van der Waals surface area contributed by atoms with Crippen molar-refractivity contribution in [2.24, 2.45) is 0 Å². The van der Waals surface area contributed by atoms with Crippen LogP contribution in [-0.2, 0) is 4.74 Å². The van der Waals surface area contributed by atoms with Gasteiger partial charge in [0, 0.05) is 42.6 Å². The Morgan fingerprint density at radius 1 is 1.41 bits per heavy atom. The van der Waals surface area contributed by atoms with Gasteiger partial charge in [0.05, 0.1) is 22.5 Å². The van der Waals surface area contributed by atoms with Crippen LogP contribution >= 0.6 is 0 Å². The van der Waals surface area contributed by atoms with Gasteiger partial charge >= 0.3 is 0 Å². The van der Waals surface area contributed by atoms with Crippen molar-refractivity contribution in [2.75, 3.05) is 24.6 Å². The molecule has 0 amide bonds. The monoisotopic (exact) mass is 301 g/mol. The van der Waals surface area contributed by atoms with Crippen LogP contribution in [-0.4, -0.2) is 35.2 Å². The zero-order valence-electron chi connectivity index (χ0n) is 12.8. The van der Waals surface area contributed by atoms with Crippen molar-refractivity contribution >= 4 is 22.1 Å². The number of morpholine rings is 1. The first-order chi connectivity index (χ1) is 10.5. The fourth-order valence-electron chi connectivity index (χ4n) is 2.94. The number of nitrogens with zero attached hydrogens (tertiary/aromatic N) is 3. The molecule has 1 aliphatic rings. The van der Waals surface area contributed by atoms with Crippen LogP contribution in [0.3, 0.4) is 0 Å². The maximum absolute atomic E-state index is 11.2. The maximum Gasteiger partial charge on any atom is 0.278 e. The first-order valence-corrected chi connectivity index (χ1v) is 7.44. The molecular weight excluding hydrogens is 282 g/mol. The van der Waals surface area contributed by atoms with E-state index in [1.807, 2.05) is 12.1 Å². The normalized spacial score (nSPS) is 22.0. The zero-order valence-corrected chi connectivity index (χ0v) is 12.8. The minimum atomic E-state index is -0.358. The second-order valence-electron chi connectivity index (χ2n) is 5.86. The molecule has 1 saturated heterocycles. The molecule has 1 aromatic heterocycles. The zero-order chi connectivity index (χ0) is 15.7. The third-order valence-corrected chi connectivity index (χ3v) is 4.39. The van der Waals surface area contributed by atoms with E-state index >= 15 is 0 Å². The molecule has 0 radical (unpaired) electrons. The summed E-state index contributed by atoms with van der Waals surface area (Å²) >= 11 is 0. The highest BCUT2D eigenvalue weighted by molar-refractivity contribution is 5.99. The lowest BCUT2D eigenvalue weighted by molar-refractivity contribution is -0.383. The van der Waals surface area contributed by atoms with Gasteiger partial charge in [-0.3, -0.25) is 15.1 Å². The number of anilines is 1. The predicted octanol–water partition coefficient (Wildman–Crippen LogP) is 3.15. The van der Waals surface area contributed by atoms with E-state index in [1.54, 1.807) is 18.5 Å². The van der Waals surface area contributed by atoms with Crippen LogP contribution < -0.4 is 4.90 Å². The van der Waals surface area contributed by atoms with Gasteiger partial charge in [0.2, 0.25) is 0 Å². The molecule has 1 fully saturated rings. The smallest absolute Gasteiger partial charge is 0.278 e. The van der Waals surface area contributed by atoms with Gasteiger partial charge in [0.25, 0.3) is 5.69 Å². The third kappa shape index (κ3) is 2.50. The molecule has 1 atom stereocenters.